The molecule has 0 amide bonds. The molecule has 4 nitrogen and oxygen atoms in total. The fraction of sp³-hybridized carbons (Fsp3) is 0.385. The van der Waals surface area contributed by atoms with Crippen molar-refractivity contribution in [1.29, 1.82) is 0 Å². The van der Waals surface area contributed by atoms with Gasteiger partial charge in [0.1, 0.15) is 0 Å². The molecule has 0 unspecified atom stereocenters. The first kappa shape index (κ1) is 13.1. The number of hydrogen-bond acceptors (Lipinski definition) is 5. The van der Waals surface area contributed by atoms with Crippen LogP contribution in [0.1, 0.15) is 26.7 Å². The smallest absolute Gasteiger partial charge is 0.246 e. The summed E-state index contributed by atoms with van der Waals surface area (Å²) in [7, 11) is 0. The van der Waals surface area contributed by atoms with Crippen LogP contribution in [0.2, 0.25) is 0 Å². The van der Waals surface area contributed by atoms with Gasteiger partial charge in [-0.15, -0.1) is 11.8 Å². The van der Waals surface area contributed by atoms with Crippen LogP contribution in [0, 0.1) is 0 Å². The first-order valence-electron chi connectivity index (χ1n) is 5.87. The number of nitrogens with two attached hydrogens (primary N) is 1. The van der Waals surface area contributed by atoms with Gasteiger partial charge in [-0.3, -0.25) is 0 Å². The first-order chi connectivity index (χ1) is 8.50. The molecule has 18 heavy (non-hydrogen) atoms. The molecular formula is C13H17N3OS. The van der Waals surface area contributed by atoms with Crippen molar-refractivity contribution in [2.75, 3.05) is 5.75 Å². The molecule has 0 spiro atoms. The van der Waals surface area contributed by atoms with Crippen LogP contribution in [0.5, 0.6) is 0 Å². The number of benzene rings is 1. The zero-order chi connectivity index (χ0) is 13.2. The van der Waals surface area contributed by atoms with Gasteiger partial charge in [-0.1, -0.05) is 12.1 Å². The van der Waals surface area contributed by atoms with Crippen LogP contribution in [0.3, 0.4) is 0 Å². The minimum Gasteiger partial charge on any atom is -0.337 e. The van der Waals surface area contributed by atoms with E-state index in [9.17, 15) is 0 Å². The highest BCUT2D eigenvalue weighted by molar-refractivity contribution is 7.99. The Morgan fingerprint density at radius 1 is 1.28 bits per heavy atom. The number of hydrogen-bond donors (Lipinski definition) is 1. The number of aromatic nitrogens is 2. The van der Waals surface area contributed by atoms with Crippen molar-refractivity contribution < 1.29 is 4.52 Å². The molecule has 1 aromatic heterocycles. The van der Waals surface area contributed by atoms with E-state index in [0.29, 0.717) is 11.7 Å². The van der Waals surface area contributed by atoms with Gasteiger partial charge in [0.15, 0.2) is 0 Å². The molecular weight excluding hydrogens is 246 g/mol. The second-order valence-corrected chi connectivity index (χ2v) is 5.94. The van der Waals surface area contributed by atoms with Crippen molar-refractivity contribution in [1.82, 2.24) is 10.1 Å². The van der Waals surface area contributed by atoms with Gasteiger partial charge in [0.05, 0.1) is 5.54 Å². The normalized spacial score (nSPS) is 11.8. The Morgan fingerprint density at radius 2 is 1.94 bits per heavy atom. The molecule has 5 heteroatoms. The predicted octanol–water partition coefficient (Wildman–Crippen LogP) is 3.04. The van der Waals surface area contributed by atoms with Crippen LogP contribution in [0.25, 0.3) is 11.4 Å². The van der Waals surface area contributed by atoms with E-state index >= 15 is 0 Å². The Labute approximate surface area is 111 Å². The second-order valence-electron chi connectivity index (χ2n) is 4.60. The lowest BCUT2D eigenvalue weighted by molar-refractivity contribution is 0.312. The van der Waals surface area contributed by atoms with Crippen molar-refractivity contribution in [2.24, 2.45) is 5.73 Å². The highest BCUT2D eigenvalue weighted by Gasteiger charge is 2.22. The third-order valence-electron chi connectivity index (χ3n) is 2.40. The van der Waals surface area contributed by atoms with E-state index in [1.165, 1.54) is 4.90 Å². The molecule has 0 atom stereocenters. The van der Waals surface area contributed by atoms with Crippen LogP contribution in [-0.2, 0) is 5.54 Å². The van der Waals surface area contributed by atoms with Gasteiger partial charge in [0.2, 0.25) is 11.7 Å². The molecule has 0 aliphatic carbocycles. The summed E-state index contributed by atoms with van der Waals surface area (Å²) in [6.45, 7) is 5.81. The molecule has 0 radical (unpaired) electrons. The Hall–Kier alpha value is -1.33. The average Bonchev–Trinajstić information content (AvgIpc) is 2.79. The fourth-order valence-electron chi connectivity index (χ4n) is 1.47. The van der Waals surface area contributed by atoms with Crippen LogP contribution < -0.4 is 5.73 Å². The molecule has 0 bridgehead atoms. The maximum atomic E-state index is 5.91. The highest BCUT2D eigenvalue weighted by atomic mass is 32.2. The molecule has 96 valence electrons. The average molecular weight is 263 g/mol. The van der Waals surface area contributed by atoms with Gasteiger partial charge < -0.3 is 10.3 Å². The standard InChI is InChI=1S/C13H17N3OS/c1-4-18-10-7-5-9(6-8-10)11-15-12(17-16-11)13(2,3)14/h5-8H,4,14H2,1-3H3. The Morgan fingerprint density at radius 3 is 2.44 bits per heavy atom. The van der Waals surface area contributed by atoms with E-state index in [-0.39, 0.29) is 0 Å². The van der Waals surface area contributed by atoms with Gasteiger partial charge in [-0.2, -0.15) is 4.98 Å². The maximum Gasteiger partial charge on any atom is 0.246 e. The topological polar surface area (TPSA) is 64.9 Å². The molecule has 0 saturated heterocycles. The SMILES string of the molecule is CCSc1ccc(-c2noc(C(C)(C)N)n2)cc1. The summed E-state index contributed by atoms with van der Waals surface area (Å²) in [5.74, 6) is 2.09. The predicted molar refractivity (Wildman–Crippen MR) is 73.3 cm³/mol. The summed E-state index contributed by atoms with van der Waals surface area (Å²) >= 11 is 1.80. The molecule has 2 rings (SSSR count). The van der Waals surface area contributed by atoms with Gasteiger partial charge in [0.25, 0.3) is 0 Å². The van der Waals surface area contributed by atoms with Crippen LogP contribution in [-0.4, -0.2) is 15.9 Å². The Bertz CT molecular complexity index is 514. The molecule has 1 aromatic carbocycles. The molecule has 0 fully saturated rings. The summed E-state index contributed by atoms with van der Waals surface area (Å²) in [5, 5.41) is 3.96. The summed E-state index contributed by atoms with van der Waals surface area (Å²) in [6.07, 6.45) is 0. The molecule has 0 aliphatic heterocycles. The van der Waals surface area contributed by atoms with Crippen LogP contribution in [0.15, 0.2) is 33.7 Å². The molecule has 2 N–H and O–H groups in total. The quantitative estimate of drug-likeness (QED) is 0.859. The zero-order valence-electron chi connectivity index (χ0n) is 10.8. The summed E-state index contributed by atoms with van der Waals surface area (Å²) in [6, 6.07) is 8.12. The zero-order valence-corrected chi connectivity index (χ0v) is 11.6. The van der Waals surface area contributed by atoms with E-state index in [4.69, 9.17) is 10.3 Å². The third-order valence-corrected chi connectivity index (χ3v) is 3.29. The van der Waals surface area contributed by atoms with Crippen LogP contribution >= 0.6 is 11.8 Å². The minimum atomic E-state index is -0.608. The summed E-state index contributed by atoms with van der Waals surface area (Å²) in [5.41, 5.74) is 6.24. The van der Waals surface area contributed by atoms with Gasteiger partial charge >= 0.3 is 0 Å². The summed E-state index contributed by atoms with van der Waals surface area (Å²) < 4.78 is 5.17. The minimum absolute atomic E-state index is 0.449. The maximum absolute atomic E-state index is 5.91. The van der Waals surface area contributed by atoms with E-state index in [0.717, 1.165) is 11.3 Å². The van der Waals surface area contributed by atoms with Crippen LogP contribution in [0.4, 0.5) is 0 Å². The first-order valence-corrected chi connectivity index (χ1v) is 6.85. The van der Waals surface area contributed by atoms with Crippen molar-refractivity contribution in [3.8, 4) is 11.4 Å². The Balaban J connectivity index is 2.23. The molecule has 1 heterocycles. The fourth-order valence-corrected chi connectivity index (χ4v) is 2.13. The lowest BCUT2D eigenvalue weighted by Crippen LogP contribution is -2.28. The number of thioether (sulfide) groups is 1. The van der Waals surface area contributed by atoms with E-state index in [1.54, 1.807) is 11.8 Å². The van der Waals surface area contributed by atoms with Crippen molar-refractivity contribution in [2.45, 2.75) is 31.2 Å². The van der Waals surface area contributed by atoms with Gasteiger partial charge in [-0.05, 0) is 43.9 Å². The summed E-state index contributed by atoms with van der Waals surface area (Å²) in [4.78, 5) is 5.56. The lowest BCUT2D eigenvalue weighted by Gasteiger charge is -2.10. The van der Waals surface area contributed by atoms with Crippen molar-refractivity contribution in [3.63, 3.8) is 0 Å². The highest BCUT2D eigenvalue weighted by Crippen LogP contribution is 2.24. The number of rotatable bonds is 4. The number of nitrogens with zero attached hydrogens (tertiary/aromatic N) is 2. The van der Waals surface area contributed by atoms with Crippen molar-refractivity contribution in [3.05, 3.63) is 30.2 Å². The van der Waals surface area contributed by atoms with E-state index in [1.807, 2.05) is 26.0 Å². The second kappa shape index (κ2) is 5.12. The molecule has 0 saturated carbocycles. The molecule has 0 aliphatic rings. The van der Waals surface area contributed by atoms with E-state index in [2.05, 4.69) is 29.2 Å². The third kappa shape index (κ3) is 2.91. The lowest BCUT2D eigenvalue weighted by atomic mass is 10.1. The van der Waals surface area contributed by atoms with Gasteiger partial charge in [0, 0.05) is 10.5 Å². The molecule has 2 aromatic rings. The van der Waals surface area contributed by atoms with Crippen molar-refractivity contribution >= 4 is 11.8 Å². The van der Waals surface area contributed by atoms with E-state index < -0.39 is 5.54 Å². The monoisotopic (exact) mass is 263 g/mol. The Kier molecular flexibility index (Phi) is 3.73. The van der Waals surface area contributed by atoms with Gasteiger partial charge in [-0.25, -0.2) is 0 Å². The largest absolute Gasteiger partial charge is 0.337 e.